The lowest BCUT2D eigenvalue weighted by atomic mass is 9.95. The highest BCUT2D eigenvalue weighted by molar-refractivity contribution is 5.83. The van der Waals surface area contributed by atoms with Gasteiger partial charge < -0.3 is 10.1 Å². The van der Waals surface area contributed by atoms with Gasteiger partial charge in [0.2, 0.25) is 0 Å². The van der Waals surface area contributed by atoms with E-state index in [4.69, 9.17) is 4.74 Å². The molecule has 0 unspecified atom stereocenters. The Morgan fingerprint density at radius 3 is 2.70 bits per heavy atom. The fourth-order valence-electron chi connectivity index (χ4n) is 3.19. The summed E-state index contributed by atoms with van der Waals surface area (Å²) >= 11 is 0. The van der Waals surface area contributed by atoms with Crippen LogP contribution in [0.3, 0.4) is 0 Å². The number of nitrogens with zero attached hydrogens (tertiary/aromatic N) is 1. The van der Waals surface area contributed by atoms with Gasteiger partial charge in [-0.15, -0.1) is 0 Å². The molecule has 0 saturated heterocycles. The molecular weight excluding hydrogens is 338 g/mol. The zero-order valence-electron chi connectivity index (χ0n) is 15.6. The third-order valence-corrected chi connectivity index (χ3v) is 4.67. The Kier molecular flexibility index (Phi) is 7.42. The second-order valence-corrected chi connectivity index (χ2v) is 6.86. The molecule has 2 N–H and O–H groups in total. The average molecular weight is 365 g/mol. The minimum atomic E-state index is -0.117. The first kappa shape index (κ1) is 19.1. The number of nitrogens with one attached hydrogen (secondary N) is 2. The van der Waals surface area contributed by atoms with E-state index in [9.17, 15) is 4.79 Å². The Morgan fingerprint density at radius 2 is 1.89 bits per heavy atom. The molecule has 5 nitrogen and oxygen atoms in total. The van der Waals surface area contributed by atoms with Gasteiger partial charge in [0.25, 0.3) is 5.91 Å². The molecular formula is C22H27N3O2. The smallest absolute Gasteiger partial charge is 0.254 e. The normalized spacial score (nSPS) is 15.0. The predicted octanol–water partition coefficient (Wildman–Crippen LogP) is 3.64. The zero-order chi connectivity index (χ0) is 18.7. The van der Waals surface area contributed by atoms with Gasteiger partial charge in [0.1, 0.15) is 12.4 Å². The number of hydrazone groups is 1. The van der Waals surface area contributed by atoms with Crippen LogP contribution in [-0.4, -0.2) is 24.7 Å². The summed E-state index contributed by atoms with van der Waals surface area (Å²) in [5.74, 6) is 0.654. The molecule has 1 aliphatic carbocycles. The molecule has 0 aliphatic heterocycles. The van der Waals surface area contributed by atoms with Gasteiger partial charge in [0.15, 0.2) is 0 Å². The molecule has 1 saturated carbocycles. The van der Waals surface area contributed by atoms with Crippen LogP contribution in [0.4, 0.5) is 0 Å². The summed E-state index contributed by atoms with van der Waals surface area (Å²) in [6.45, 7) is 0.827. The first-order valence-electron chi connectivity index (χ1n) is 9.62. The van der Waals surface area contributed by atoms with Gasteiger partial charge in [-0.2, -0.15) is 5.10 Å². The maximum absolute atomic E-state index is 11.9. The molecule has 5 heteroatoms. The molecule has 2 aromatic carbocycles. The summed E-state index contributed by atoms with van der Waals surface area (Å²) < 4.78 is 5.81. The van der Waals surface area contributed by atoms with Gasteiger partial charge in [0, 0.05) is 6.04 Å². The summed E-state index contributed by atoms with van der Waals surface area (Å²) in [7, 11) is 0. The number of carbonyl (C=O) groups excluding carboxylic acids is 1. The van der Waals surface area contributed by atoms with Crippen LogP contribution in [0.15, 0.2) is 59.7 Å². The fraction of sp³-hybridized carbons (Fsp3) is 0.364. The van der Waals surface area contributed by atoms with Gasteiger partial charge in [0.05, 0.1) is 12.8 Å². The van der Waals surface area contributed by atoms with E-state index in [1.165, 1.54) is 19.3 Å². The number of amides is 1. The van der Waals surface area contributed by atoms with Crippen LogP contribution in [0.25, 0.3) is 0 Å². The van der Waals surface area contributed by atoms with Crippen molar-refractivity contribution in [3.8, 4) is 5.75 Å². The molecule has 0 bridgehead atoms. The highest BCUT2D eigenvalue weighted by Gasteiger charge is 2.13. The Balaban J connectivity index is 1.42. The van der Waals surface area contributed by atoms with Crippen LogP contribution < -0.4 is 15.5 Å². The lowest BCUT2D eigenvalue weighted by molar-refractivity contribution is -0.120. The van der Waals surface area contributed by atoms with E-state index < -0.39 is 0 Å². The second-order valence-electron chi connectivity index (χ2n) is 6.86. The number of benzene rings is 2. The first-order chi connectivity index (χ1) is 13.3. The zero-order valence-corrected chi connectivity index (χ0v) is 15.6. The van der Waals surface area contributed by atoms with Crippen molar-refractivity contribution in [2.75, 3.05) is 6.54 Å². The quantitative estimate of drug-likeness (QED) is 0.555. The lowest BCUT2D eigenvalue weighted by Crippen LogP contribution is -2.38. The van der Waals surface area contributed by atoms with E-state index in [1.807, 2.05) is 54.6 Å². The first-order valence-corrected chi connectivity index (χ1v) is 9.62. The van der Waals surface area contributed by atoms with Gasteiger partial charge in [-0.25, -0.2) is 5.43 Å². The molecule has 0 atom stereocenters. The molecule has 142 valence electrons. The molecule has 0 aromatic heterocycles. The van der Waals surface area contributed by atoms with E-state index in [-0.39, 0.29) is 5.91 Å². The summed E-state index contributed by atoms with van der Waals surface area (Å²) in [4.78, 5) is 11.9. The second kappa shape index (κ2) is 10.5. The number of rotatable bonds is 8. The minimum Gasteiger partial charge on any atom is -0.489 e. The number of ether oxygens (including phenoxy) is 1. The summed E-state index contributed by atoms with van der Waals surface area (Å²) in [6, 6.07) is 18.1. The van der Waals surface area contributed by atoms with Crippen LogP contribution in [0.2, 0.25) is 0 Å². The monoisotopic (exact) mass is 365 g/mol. The summed E-state index contributed by atoms with van der Waals surface area (Å²) in [5, 5.41) is 7.35. The third kappa shape index (κ3) is 6.87. The Hall–Kier alpha value is -2.66. The predicted molar refractivity (Wildman–Crippen MR) is 108 cm³/mol. The molecule has 0 heterocycles. The molecule has 0 radical (unpaired) electrons. The number of carbonyl (C=O) groups is 1. The maximum atomic E-state index is 11.9. The highest BCUT2D eigenvalue weighted by atomic mass is 16.5. The highest BCUT2D eigenvalue weighted by Crippen LogP contribution is 2.17. The van der Waals surface area contributed by atoms with Crippen molar-refractivity contribution in [3.05, 3.63) is 65.7 Å². The van der Waals surface area contributed by atoms with Gasteiger partial charge in [-0.1, -0.05) is 61.7 Å². The Labute approximate surface area is 160 Å². The lowest BCUT2D eigenvalue weighted by Gasteiger charge is -2.22. The van der Waals surface area contributed by atoms with Gasteiger partial charge >= 0.3 is 0 Å². The number of hydrogen-bond donors (Lipinski definition) is 2. The maximum Gasteiger partial charge on any atom is 0.254 e. The van der Waals surface area contributed by atoms with E-state index in [0.29, 0.717) is 19.2 Å². The summed E-state index contributed by atoms with van der Waals surface area (Å²) in [6.07, 6.45) is 7.76. The van der Waals surface area contributed by atoms with Crippen molar-refractivity contribution in [2.24, 2.45) is 5.10 Å². The Bertz CT molecular complexity index is 740. The van der Waals surface area contributed by atoms with E-state index in [0.717, 1.165) is 29.7 Å². The molecule has 3 rings (SSSR count). The van der Waals surface area contributed by atoms with Crippen LogP contribution >= 0.6 is 0 Å². The van der Waals surface area contributed by atoms with Crippen molar-refractivity contribution < 1.29 is 9.53 Å². The van der Waals surface area contributed by atoms with Crippen LogP contribution in [0.1, 0.15) is 43.2 Å². The van der Waals surface area contributed by atoms with Crippen LogP contribution in [0.5, 0.6) is 5.75 Å². The van der Waals surface area contributed by atoms with E-state index in [1.54, 1.807) is 6.21 Å². The van der Waals surface area contributed by atoms with Crippen LogP contribution in [0, 0.1) is 0 Å². The molecule has 0 spiro atoms. The fourth-order valence-corrected chi connectivity index (χ4v) is 3.19. The van der Waals surface area contributed by atoms with E-state index in [2.05, 4.69) is 15.8 Å². The van der Waals surface area contributed by atoms with E-state index >= 15 is 0 Å². The Morgan fingerprint density at radius 1 is 1.07 bits per heavy atom. The average Bonchev–Trinajstić information content (AvgIpc) is 2.73. The SMILES string of the molecule is O=C(CNC1CCCCC1)N/N=C\c1cccc(OCc2ccccc2)c1. The van der Waals surface area contributed by atoms with Gasteiger partial charge in [-0.3, -0.25) is 4.79 Å². The van der Waals surface area contributed by atoms with Crippen molar-refractivity contribution in [1.82, 2.24) is 10.7 Å². The number of hydrogen-bond acceptors (Lipinski definition) is 4. The van der Waals surface area contributed by atoms with Crippen molar-refractivity contribution in [3.63, 3.8) is 0 Å². The topological polar surface area (TPSA) is 62.7 Å². The van der Waals surface area contributed by atoms with Gasteiger partial charge in [-0.05, 0) is 36.1 Å². The molecule has 1 aliphatic rings. The largest absolute Gasteiger partial charge is 0.489 e. The van der Waals surface area contributed by atoms with Crippen LogP contribution in [-0.2, 0) is 11.4 Å². The van der Waals surface area contributed by atoms with Crippen molar-refractivity contribution >= 4 is 12.1 Å². The molecule has 1 fully saturated rings. The van der Waals surface area contributed by atoms with Crippen molar-refractivity contribution in [2.45, 2.75) is 44.8 Å². The molecule has 1 amide bonds. The minimum absolute atomic E-state index is 0.117. The third-order valence-electron chi connectivity index (χ3n) is 4.67. The summed E-state index contributed by atoms with van der Waals surface area (Å²) in [5.41, 5.74) is 4.57. The standard InChI is InChI=1S/C22H27N3O2/c26-22(16-23-20-11-5-2-6-12-20)25-24-15-19-10-7-13-21(14-19)27-17-18-8-3-1-4-9-18/h1,3-4,7-10,13-15,20,23H,2,5-6,11-12,16-17H2,(H,25,26)/b24-15-. The van der Waals surface area contributed by atoms with Crippen molar-refractivity contribution in [1.29, 1.82) is 0 Å². The molecule has 2 aromatic rings. The molecule has 27 heavy (non-hydrogen) atoms.